The summed E-state index contributed by atoms with van der Waals surface area (Å²) in [6, 6.07) is 20.2. The Morgan fingerprint density at radius 3 is 2.37 bits per heavy atom. The molecule has 4 aromatic rings. The van der Waals surface area contributed by atoms with Crippen LogP contribution in [0, 0.1) is 11.3 Å². The highest BCUT2D eigenvalue weighted by molar-refractivity contribution is 6.53. The van der Waals surface area contributed by atoms with Crippen molar-refractivity contribution in [2.75, 3.05) is 0 Å². The number of Topliss-reactive ketones (excluding diaryl/α,β-unsaturated/α-hetero) is 1. The Labute approximate surface area is 202 Å². The normalized spacial score (nSPS) is 11.9. The minimum Gasteiger partial charge on any atom is -0.286 e. The molecule has 0 bridgehead atoms. The molecule has 9 heteroatoms. The number of aromatic nitrogens is 1. The fourth-order valence-electron chi connectivity index (χ4n) is 3.59. The predicted molar refractivity (Wildman–Crippen MR) is 126 cm³/mol. The molecule has 4 rings (SSSR count). The van der Waals surface area contributed by atoms with Crippen molar-refractivity contribution in [3.05, 3.63) is 106 Å². The molecule has 0 radical (unpaired) electrons. The summed E-state index contributed by atoms with van der Waals surface area (Å²) in [5, 5.41) is 9.53. The molecule has 1 aromatic heterocycles. The van der Waals surface area contributed by atoms with E-state index in [9.17, 15) is 28.0 Å². The van der Waals surface area contributed by atoms with Gasteiger partial charge in [0.25, 0.3) is 5.91 Å². The maximum atomic E-state index is 13.2. The molecule has 0 aliphatic carbocycles. The minimum atomic E-state index is -4.65. The number of aliphatic imine (C=N–C) groups is 1. The van der Waals surface area contributed by atoms with Crippen LogP contribution in [-0.4, -0.2) is 22.0 Å². The second kappa shape index (κ2) is 9.57. The van der Waals surface area contributed by atoms with E-state index in [2.05, 4.69) is 4.99 Å². The van der Waals surface area contributed by atoms with Gasteiger partial charge in [-0.3, -0.25) is 19.1 Å². The van der Waals surface area contributed by atoms with E-state index in [1.54, 1.807) is 60.7 Å². The zero-order valence-corrected chi connectivity index (χ0v) is 18.6. The van der Waals surface area contributed by atoms with Gasteiger partial charge in [0.05, 0.1) is 28.2 Å². The quantitative estimate of drug-likeness (QED) is 0.240. The van der Waals surface area contributed by atoms with Gasteiger partial charge < -0.3 is 0 Å². The van der Waals surface area contributed by atoms with Crippen LogP contribution >= 0.6 is 11.6 Å². The summed E-state index contributed by atoms with van der Waals surface area (Å²) in [5.41, 5.74) is -0.442. The summed E-state index contributed by atoms with van der Waals surface area (Å²) >= 11 is 5.64. The van der Waals surface area contributed by atoms with Crippen molar-refractivity contribution >= 4 is 39.9 Å². The van der Waals surface area contributed by atoms with Crippen molar-refractivity contribution < 1.29 is 22.8 Å². The smallest absolute Gasteiger partial charge is 0.286 e. The van der Waals surface area contributed by atoms with Crippen molar-refractivity contribution in [2.45, 2.75) is 12.7 Å². The summed E-state index contributed by atoms with van der Waals surface area (Å²) < 4.78 is 40.7. The number of hydrogen-bond donors (Lipinski definition) is 0. The largest absolute Gasteiger partial charge is 0.417 e. The Morgan fingerprint density at radius 1 is 1.00 bits per heavy atom. The molecular weight excluding hydrogens is 479 g/mol. The van der Waals surface area contributed by atoms with Crippen molar-refractivity contribution in [3.8, 4) is 6.07 Å². The third-order valence-corrected chi connectivity index (χ3v) is 5.60. The Balaban J connectivity index is 1.70. The van der Waals surface area contributed by atoms with E-state index < -0.39 is 28.3 Å². The second-order valence-electron chi connectivity index (χ2n) is 7.52. The van der Waals surface area contributed by atoms with Gasteiger partial charge in [-0.05, 0) is 35.9 Å². The van der Waals surface area contributed by atoms with Gasteiger partial charge in [0.1, 0.15) is 6.07 Å². The van der Waals surface area contributed by atoms with Gasteiger partial charge in [-0.25, -0.2) is 0 Å². The lowest BCUT2D eigenvalue weighted by atomic mass is 10.1. The van der Waals surface area contributed by atoms with E-state index in [1.165, 1.54) is 16.8 Å². The molecule has 0 fully saturated rings. The first-order valence-corrected chi connectivity index (χ1v) is 10.6. The number of nitrogens with zero attached hydrogens (tertiary/aromatic N) is 3. The molecule has 0 saturated carbocycles. The van der Waals surface area contributed by atoms with Crippen LogP contribution in [0.4, 0.5) is 13.2 Å². The van der Waals surface area contributed by atoms with Gasteiger partial charge in [-0.1, -0.05) is 54.1 Å². The lowest BCUT2D eigenvalue weighted by Crippen LogP contribution is -2.14. The average molecular weight is 494 g/mol. The van der Waals surface area contributed by atoms with Crippen LogP contribution in [0.5, 0.6) is 0 Å². The molecule has 0 N–H and O–H groups in total. The number of fused-ring (bicyclic) bond motifs is 1. The number of benzene rings is 3. The highest BCUT2D eigenvalue weighted by Crippen LogP contribution is 2.35. The van der Waals surface area contributed by atoms with Crippen molar-refractivity contribution in [2.24, 2.45) is 4.99 Å². The van der Waals surface area contributed by atoms with E-state index >= 15 is 0 Å². The van der Waals surface area contributed by atoms with Crippen LogP contribution in [0.25, 0.3) is 10.9 Å². The molecular formula is C26H15ClF3N3O2. The SMILES string of the molecule is N#CC(=NCc1ccc(Cl)c(C(F)(F)F)c1)C(=O)c1cn(C(=O)c2ccccc2)c2ccccc12. The molecule has 0 aliphatic rings. The van der Waals surface area contributed by atoms with Gasteiger partial charge in [-0.15, -0.1) is 0 Å². The number of nitriles is 1. The third-order valence-electron chi connectivity index (χ3n) is 5.27. The maximum absolute atomic E-state index is 13.2. The van der Waals surface area contributed by atoms with Gasteiger partial charge in [0, 0.05) is 17.1 Å². The van der Waals surface area contributed by atoms with E-state index in [0.717, 1.165) is 12.1 Å². The molecule has 3 aromatic carbocycles. The van der Waals surface area contributed by atoms with Crippen LogP contribution in [0.2, 0.25) is 5.02 Å². The van der Waals surface area contributed by atoms with Crippen LogP contribution in [0.1, 0.15) is 31.8 Å². The monoisotopic (exact) mass is 493 g/mol. The summed E-state index contributed by atoms with van der Waals surface area (Å²) in [6.07, 6.45) is -3.31. The summed E-state index contributed by atoms with van der Waals surface area (Å²) in [4.78, 5) is 30.2. The van der Waals surface area contributed by atoms with E-state index in [0.29, 0.717) is 16.5 Å². The Hall–Kier alpha value is -4.22. The second-order valence-corrected chi connectivity index (χ2v) is 7.93. The number of carbonyl (C=O) groups is 2. The minimum absolute atomic E-state index is 0.0808. The number of ketones is 1. The molecule has 0 saturated heterocycles. The van der Waals surface area contributed by atoms with Crippen LogP contribution in [-0.2, 0) is 12.7 Å². The molecule has 35 heavy (non-hydrogen) atoms. The Bertz CT molecular complexity index is 1520. The molecule has 0 unspecified atom stereocenters. The van der Waals surface area contributed by atoms with E-state index in [4.69, 9.17) is 11.6 Å². The first-order valence-electron chi connectivity index (χ1n) is 10.3. The number of halogens is 4. The molecule has 0 aliphatic heterocycles. The first kappa shape index (κ1) is 23.9. The highest BCUT2D eigenvalue weighted by atomic mass is 35.5. The molecule has 0 amide bonds. The topological polar surface area (TPSA) is 75.2 Å². The molecule has 0 spiro atoms. The van der Waals surface area contributed by atoms with Gasteiger partial charge in [0.2, 0.25) is 5.78 Å². The summed E-state index contributed by atoms with van der Waals surface area (Å²) in [7, 11) is 0. The molecule has 1 heterocycles. The number of para-hydroxylation sites is 1. The predicted octanol–water partition coefficient (Wildman–Crippen LogP) is 6.35. The average Bonchev–Trinajstić information content (AvgIpc) is 3.24. The summed E-state index contributed by atoms with van der Waals surface area (Å²) in [5.74, 6) is -1.11. The van der Waals surface area contributed by atoms with Crippen molar-refractivity contribution in [3.63, 3.8) is 0 Å². The maximum Gasteiger partial charge on any atom is 0.417 e. The Kier molecular flexibility index (Phi) is 6.54. The van der Waals surface area contributed by atoms with Crippen LogP contribution in [0.15, 0.2) is 84.0 Å². The fraction of sp³-hybridized carbons (Fsp3) is 0.0769. The number of alkyl halides is 3. The highest BCUT2D eigenvalue weighted by Gasteiger charge is 2.33. The number of carbonyl (C=O) groups excluding carboxylic acids is 2. The van der Waals surface area contributed by atoms with Crippen molar-refractivity contribution in [1.29, 1.82) is 5.26 Å². The van der Waals surface area contributed by atoms with Crippen LogP contribution < -0.4 is 0 Å². The molecule has 174 valence electrons. The van der Waals surface area contributed by atoms with Crippen LogP contribution in [0.3, 0.4) is 0 Å². The lowest BCUT2D eigenvalue weighted by Gasteiger charge is -2.10. The molecule has 5 nitrogen and oxygen atoms in total. The Morgan fingerprint density at radius 2 is 1.69 bits per heavy atom. The lowest BCUT2D eigenvalue weighted by molar-refractivity contribution is -0.137. The van der Waals surface area contributed by atoms with Gasteiger partial charge in [-0.2, -0.15) is 18.4 Å². The number of hydrogen-bond acceptors (Lipinski definition) is 4. The number of rotatable bonds is 5. The van der Waals surface area contributed by atoms with E-state index in [-0.39, 0.29) is 23.6 Å². The zero-order chi connectivity index (χ0) is 25.2. The first-order chi connectivity index (χ1) is 16.7. The molecule has 0 atom stereocenters. The van der Waals surface area contributed by atoms with Gasteiger partial charge in [0.15, 0.2) is 5.71 Å². The third kappa shape index (κ3) is 4.86. The van der Waals surface area contributed by atoms with E-state index in [1.807, 2.05) is 0 Å². The van der Waals surface area contributed by atoms with Gasteiger partial charge >= 0.3 is 6.18 Å². The summed E-state index contributed by atoms with van der Waals surface area (Å²) in [6.45, 7) is -0.337. The zero-order valence-electron chi connectivity index (χ0n) is 17.9. The fourth-order valence-corrected chi connectivity index (χ4v) is 3.82. The van der Waals surface area contributed by atoms with Crippen molar-refractivity contribution in [1.82, 2.24) is 4.57 Å². The standard InChI is InChI=1S/C26H15ClF3N3O2/c27-21-11-10-16(12-20(21)26(28,29)30)14-32-22(13-31)24(34)19-15-33(23-9-5-4-8-18(19)23)25(35)17-6-2-1-3-7-17/h1-12,15H,14H2.